The lowest BCUT2D eigenvalue weighted by molar-refractivity contribution is 0.263. The molecule has 1 aliphatic carbocycles. The van der Waals surface area contributed by atoms with Crippen molar-refractivity contribution >= 4 is 12.4 Å². The molecular formula is C11H19ClN4O. The lowest BCUT2D eigenvalue weighted by atomic mass is 10.3. The standard InChI is InChI=1S/C11H18N4O.ClH/c1-12-9-4-5-15(6-9)7-10-13-11(14-16-10)8-2-3-8;/h8-9,12H,2-7H2,1H3;1H. The molecule has 1 saturated carbocycles. The van der Waals surface area contributed by atoms with Crippen LogP contribution in [-0.2, 0) is 6.54 Å². The summed E-state index contributed by atoms with van der Waals surface area (Å²) in [5.74, 6) is 2.28. The Morgan fingerprint density at radius 3 is 2.88 bits per heavy atom. The van der Waals surface area contributed by atoms with Gasteiger partial charge in [0.25, 0.3) is 0 Å². The maximum atomic E-state index is 5.27. The van der Waals surface area contributed by atoms with E-state index in [1.54, 1.807) is 0 Å². The van der Waals surface area contributed by atoms with Crippen LogP contribution in [0.3, 0.4) is 0 Å². The molecule has 5 nitrogen and oxygen atoms in total. The Kier molecular flexibility index (Phi) is 4.01. The van der Waals surface area contributed by atoms with Gasteiger partial charge in [0.1, 0.15) is 0 Å². The largest absolute Gasteiger partial charge is 0.338 e. The van der Waals surface area contributed by atoms with Crippen LogP contribution in [0.1, 0.15) is 36.9 Å². The average molecular weight is 259 g/mol. The number of hydrogen-bond donors (Lipinski definition) is 1. The van der Waals surface area contributed by atoms with E-state index in [0.717, 1.165) is 31.3 Å². The Morgan fingerprint density at radius 1 is 1.41 bits per heavy atom. The predicted molar refractivity (Wildman–Crippen MR) is 66.3 cm³/mol. The summed E-state index contributed by atoms with van der Waals surface area (Å²) in [5, 5.41) is 7.34. The summed E-state index contributed by atoms with van der Waals surface area (Å²) in [7, 11) is 2.02. The molecule has 2 fully saturated rings. The quantitative estimate of drug-likeness (QED) is 0.879. The van der Waals surface area contributed by atoms with E-state index in [9.17, 15) is 0 Å². The highest BCUT2D eigenvalue weighted by atomic mass is 35.5. The second-order valence-electron chi connectivity index (χ2n) is 4.83. The van der Waals surface area contributed by atoms with Gasteiger partial charge in [0.2, 0.25) is 5.89 Å². The van der Waals surface area contributed by atoms with Crippen LogP contribution in [-0.4, -0.2) is 41.2 Å². The Hall–Kier alpha value is -0.650. The van der Waals surface area contributed by atoms with E-state index >= 15 is 0 Å². The maximum Gasteiger partial charge on any atom is 0.240 e. The number of rotatable bonds is 4. The van der Waals surface area contributed by atoms with Crippen LogP contribution in [0.4, 0.5) is 0 Å². The molecule has 0 aromatic carbocycles. The summed E-state index contributed by atoms with van der Waals surface area (Å²) in [6.45, 7) is 3.00. The molecule has 1 unspecified atom stereocenters. The summed E-state index contributed by atoms with van der Waals surface area (Å²) in [5.41, 5.74) is 0. The fraction of sp³-hybridized carbons (Fsp3) is 0.818. The Morgan fingerprint density at radius 2 is 2.24 bits per heavy atom. The number of aromatic nitrogens is 2. The first-order valence-corrected chi connectivity index (χ1v) is 6.07. The molecule has 3 rings (SSSR count). The van der Waals surface area contributed by atoms with Crippen molar-refractivity contribution in [2.75, 3.05) is 20.1 Å². The van der Waals surface area contributed by atoms with Crippen molar-refractivity contribution in [1.29, 1.82) is 0 Å². The molecule has 0 radical (unpaired) electrons. The van der Waals surface area contributed by atoms with Crippen molar-refractivity contribution in [3.05, 3.63) is 11.7 Å². The third-order valence-corrected chi connectivity index (χ3v) is 3.47. The monoisotopic (exact) mass is 258 g/mol. The van der Waals surface area contributed by atoms with Gasteiger partial charge in [-0.3, -0.25) is 4.90 Å². The van der Waals surface area contributed by atoms with E-state index in [0.29, 0.717) is 12.0 Å². The fourth-order valence-electron chi connectivity index (χ4n) is 2.24. The summed E-state index contributed by atoms with van der Waals surface area (Å²) >= 11 is 0. The number of likely N-dealkylation sites (tertiary alicyclic amines) is 1. The number of halogens is 1. The van der Waals surface area contributed by atoms with Crippen molar-refractivity contribution in [2.45, 2.75) is 37.8 Å². The van der Waals surface area contributed by atoms with Gasteiger partial charge in [-0.1, -0.05) is 5.16 Å². The minimum atomic E-state index is 0. The molecule has 1 aromatic heterocycles. The summed E-state index contributed by atoms with van der Waals surface area (Å²) in [6, 6.07) is 0.617. The molecule has 0 amide bonds. The highest BCUT2D eigenvalue weighted by Crippen LogP contribution is 2.38. The van der Waals surface area contributed by atoms with Gasteiger partial charge in [0.05, 0.1) is 6.54 Å². The first-order valence-electron chi connectivity index (χ1n) is 6.07. The molecule has 96 valence electrons. The number of hydrogen-bond acceptors (Lipinski definition) is 5. The van der Waals surface area contributed by atoms with Crippen LogP contribution in [0.5, 0.6) is 0 Å². The molecule has 1 atom stereocenters. The molecule has 17 heavy (non-hydrogen) atoms. The highest BCUT2D eigenvalue weighted by Gasteiger charge is 2.29. The van der Waals surface area contributed by atoms with Crippen LogP contribution in [0.2, 0.25) is 0 Å². The van der Waals surface area contributed by atoms with E-state index in [4.69, 9.17) is 4.52 Å². The lowest BCUT2D eigenvalue weighted by Crippen LogP contribution is -2.29. The van der Waals surface area contributed by atoms with Gasteiger partial charge in [-0.15, -0.1) is 12.4 Å². The van der Waals surface area contributed by atoms with Gasteiger partial charge in [0.15, 0.2) is 5.82 Å². The van der Waals surface area contributed by atoms with Gasteiger partial charge < -0.3 is 9.84 Å². The van der Waals surface area contributed by atoms with Crippen LogP contribution in [0.15, 0.2) is 4.52 Å². The van der Waals surface area contributed by atoms with Crippen LogP contribution in [0.25, 0.3) is 0 Å². The molecule has 2 aliphatic rings. The van der Waals surface area contributed by atoms with E-state index in [1.807, 2.05) is 7.05 Å². The maximum absolute atomic E-state index is 5.27. The van der Waals surface area contributed by atoms with Crippen LogP contribution >= 0.6 is 12.4 Å². The van der Waals surface area contributed by atoms with Crippen molar-refractivity contribution in [3.8, 4) is 0 Å². The third kappa shape index (κ3) is 2.97. The SMILES string of the molecule is CNC1CCN(Cc2nc(C3CC3)no2)C1.Cl. The summed E-state index contributed by atoms with van der Waals surface area (Å²) in [4.78, 5) is 6.81. The second-order valence-corrected chi connectivity index (χ2v) is 4.83. The molecule has 2 heterocycles. The van der Waals surface area contributed by atoms with Crippen LogP contribution in [0, 0.1) is 0 Å². The highest BCUT2D eigenvalue weighted by molar-refractivity contribution is 5.85. The number of nitrogens with one attached hydrogen (secondary N) is 1. The first-order chi connectivity index (χ1) is 7.85. The molecular weight excluding hydrogens is 240 g/mol. The molecule has 0 spiro atoms. The minimum Gasteiger partial charge on any atom is -0.338 e. The Balaban J connectivity index is 0.00000108. The zero-order chi connectivity index (χ0) is 11.0. The van der Waals surface area contributed by atoms with Crippen molar-refractivity contribution in [3.63, 3.8) is 0 Å². The number of nitrogens with zero attached hydrogens (tertiary/aromatic N) is 3. The molecule has 1 aromatic rings. The zero-order valence-corrected chi connectivity index (χ0v) is 10.9. The zero-order valence-electron chi connectivity index (χ0n) is 10.1. The summed E-state index contributed by atoms with van der Waals surface area (Å²) < 4.78 is 5.27. The fourth-order valence-corrected chi connectivity index (χ4v) is 2.24. The Bertz CT molecular complexity index is 366. The van der Waals surface area contributed by atoms with Crippen molar-refractivity contribution in [2.24, 2.45) is 0 Å². The molecule has 1 saturated heterocycles. The van der Waals surface area contributed by atoms with Crippen molar-refractivity contribution < 1.29 is 4.52 Å². The summed E-state index contributed by atoms with van der Waals surface area (Å²) in [6.07, 6.45) is 3.66. The second kappa shape index (κ2) is 5.33. The molecule has 6 heteroatoms. The minimum absolute atomic E-state index is 0. The Labute approximate surface area is 107 Å². The molecule has 0 bridgehead atoms. The van der Waals surface area contributed by atoms with E-state index in [2.05, 4.69) is 20.4 Å². The topological polar surface area (TPSA) is 54.2 Å². The smallest absolute Gasteiger partial charge is 0.240 e. The average Bonchev–Trinajstić information content (AvgIpc) is 2.88. The third-order valence-electron chi connectivity index (χ3n) is 3.47. The predicted octanol–water partition coefficient (Wildman–Crippen LogP) is 1.16. The molecule has 1 aliphatic heterocycles. The van der Waals surface area contributed by atoms with Gasteiger partial charge in [0, 0.05) is 25.0 Å². The van der Waals surface area contributed by atoms with E-state index in [-0.39, 0.29) is 12.4 Å². The van der Waals surface area contributed by atoms with Gasteiger partial charge in [-0.25, -0.2) is 0 Å². The van der Waals surface area contributed by atoms with Crippen LogP contribution < -0.4 is 5.32 Å². The molecule has 1 N–H and O–H groups in total. The van der Waals surface area contributed by atoms with Gasteiger partial charge in [-0.2, -0.15) is 4.98 Å². The number of likely N-dealkylation sites (N-methyl/N-ethyl adjacent to an activating group) is 1. The van der Waals surface area contributed by atoms with E-state index in [1.165, 1.54) is 19.3 Å². The van der Waals surface area contributed by atoms with Gasteiger partial charge >= 0.3 is 0 Å². The first kappa shape index (κ1) is 12.8. The lowest BCUT2D eigenvalue weighted by Gasteiger charge is -2.12. The van der Waals surface area contributed by atoms with E-state index < -0.39 is 0 Å². The van der Waals surface area contributed by atoms with Crippen molar-refractivity contribution in [1.82, 2.24) is 20.4 Å². The normalized spacial score (nSPS) is 24.9. The van der Waals surface area contributed by atoms with Gasteiger partial charge in [-0.05, 0) is 26.3 Å².